The molecular formula is C46H58ClN7O8S. The lowest BCUT2D eigenvalue weighted by Gasteiger charge is -2.50. The summed E-state index contributed by atoms with van der Waals surface area (Å²) in [5, 5.41) is 17.7. The molecule has 63 heavy (non-hydrogen) atoms. The molecule has 9 rings (SSSR count). The summed E-state index contributed by atoms with van der Waals surface area (Å²) in [6, 6.07) is 11.6. The van der Waals surface area contributed by atoms with Crippen LogP contribution < -0.4 is 19.1 Å². The van der Waals surface area contributed by atoms with E-state index in [1.807, 2.05) is 24.0 Å². The van der Waals surface area contributed by atoms with Crippen molar-refractivity contribution >= 4 is 44.9 Å². The fourth-order valence-electron chi connectivity index (χ4n) is 10.7. The van der Waals surface area contributed by atoms with Crippen LogP contribution in [-0.4, -0.2) is 130 Å². The molecule has 2 saturated heterocycles. The van der Waals surface area contributed by atoms with Gasteiger partial charge in [0.05, 0.1) is 50.4 Å². The maximum Gasteiger partial charge on any atom is 0.286 e. The first-order valence-electron chi connectivity index (χ1n) is 22.2. The minimum Gasteiger partial charge on any atom is -0.490 e. The monoisotopic (exact) mass is 903 g/mol. The number of methoxy groups -OCH3 is 1. The molecular weight excluding hydrogens is 846 g/mol. The minimum atomic E-state index is -3.75. The third-order valence-electron chi connectivity index (χ3n) is 14.2. The average molecular weight is 905 g/mol. The molecule has 338 valence electrons. The number of allylic oxidation sites excluding steroid dienone is 1. The quantitative estimate of drug-likeness (QED) is 0.327. The normalized spacial score (nSPS) is 30.7. The molecule has 3 aromatic rings. The van der Waals surface area contributed by atoms with Crippen LogP contribution in [0.25, 0.3) is 0 Å². The number of hydrogen-bond donors (Lipinski definition) is 2. The maximum absolute atomic E-state index is 14.9. The number of benzene rings is 2. The van der Waals surface area contributed by atoms with Gasteiger partial charge in [-0.05, 0) is 97.7 Å². The van der Waals surface area contributed by atoms with E-state index in [4.69, 9.17) is 25.8 Å². The number of anilines is 1. The number of aliphatic hydroxyl groups is 1. The van der Waals surface area contributed by atoms with Crippen molar-refractivity contribution < 1.29 is 37.9 Å². The van der Waals surface area contributed by atoms with E-state index in [0.717, 1.165) is 45.2 Å². The standard InChI is InChI=1S/C46H58ClN7O8S/c1-30-6-4-15-46(58,22-41(55)53-24-35(25-53)52-16-18-61-19-17-52)38-11-8-33(38)23-54-28-45(14-5-7-31-20-34(47)10-12-37(31)45)29-62-40-13-9-32(21-39(40)54)42(56)49-63(59,27-30)50-43(57)36-26-51(2)48-44(36)60-3/h4,9-10,12-13,15,20-21,26,30,33,35,38,58H,5-8,11,14,16-19,22-25,27-29H2,1-3H3,(H,49,50,56,57,59)/b15-4+/t30-,33-,38+,45-,46+,63-/m0/s1. The number of carbonyl (C=O) groups excluding carboxylic acids is 3. The van der Waals surface area contributed by atoms with Crippen LogP contribution in [0.15, 0.2) is 59.1 Å². The summed E-state index contributed by atoms with van der Waals surface area (Å²) in [6.45, 7) is 7.73. The number of halogens is 1. The summed E-state index contributed by atoms with van der Waals surface area (Å²) in [4.78, 5) is 48.6. The molecule has 15 nitrogen and oxygen atoms in total. The number of rotatable bonds is 6. The summed E-state index contributed by atoms with van der Waals surface area (Å²) in [5.41, 5.74) is 1.49. The van der Waals surface area contributed by atoms with Crippen LogP contribution in [0.2, 0.25) is 5.02 Å². The second-order valence-electron chi connectivity index (χ2n) is 18.6. The number of aromatic nitrogens is 2. The fourth-order valence-corrected chi connectivity index (χ4v) is 12.8. The molecule has 3 amide bonds. The predicted molar refractivity (Wildman–Crippen MR) is 239 cm³/mol. The van der Waals surface area contributed by atoms with Gasteiger partial charge in [-0.25, -0.2) is 4.21 Å². The van der Waals surface area contributed by atoms with Gasteiger partial charge in [-0.1, -0.05) is 36.7 Å². The number of aryl methyl sites for hydroxylation is 2. The van der Waals surface area contributed by atoms with Crippen LogP contribution in [0.3, 0.4) is 0 Å². The first kappa shape index (κ1) is 43.8. The van der Waals surface area contributed by atoms with Gasteiger partial charge in [0.25, 0.3) is 11.8 Å². The molecule has 0 unspecified atom stereocenters. The largest absolute Gasteiger partial charge is 0.490 e. The smallest absolute Gasteiger partial charge is 0.286 e. The maximum atomic E-state index is 14.9. The minimum absolute atomic E-state index is 0.0222. The Kier molecular flexibility index (Phi) is 12.1. The fraction of sp³-hybridized carbons (Fsp3) is 0.565. The molecule has 2 bridgehead atoms. The van der Waals surface area contributed by atoms with Crippen LogP contribution in [0.1, 0.15) is 77.3 Å². The molecule has 1 aromatic heterocycles. The Morgan fingerprint density at radius 2 is 1.92 bits per heavy atom. The second kappa shape index (κ2) is 17.5. The van der Waals surface area contributed by atoms with E-state index in [1.165, 1.54) is 29.1 Å². The lowest BCUT2D eigenvalue weighted by molar-refractivity contribution is -0.148. The van der Waals surface area contributed by atoms with Crippen LogP contribution in [0.5, 0.6) is 11.6 Å². The first-order valence-corrected chi connectivity index (χ1v) is 24.3. The van der Waals surface area contributed by atoms with E-state index in [-0.39, 0.29) is 58.9 Å². The van der Waals surface area contributed by atoms with Crippen LogP contribution >= 0.6 is 11.6 Å². The zero-order valence-electron chi connectivity index (χ0n) is 36.3. The van der Waals surface area contributed by atoms with Gasteiger partial charge in [0.15, 0.2) is 0 Å². The van der Waals surface area contributed by atoms with Crippen molar-refractivity contribution in [2.24, 2.45) is 29.2 Å². The van der Waals surface area contributed by atoms with Gasteiger partial charge >= 0.3 is 0 Å². The van der Waals surface area contributed by atoms with E-state index in [0.29, 0.717) is 68.9 Å². The molecule has 2 aromatic carbocycles. The molecule has 1 saturated carbocycles. The SMILES string of the molecule is COc1nn(C)cc1C(=O)N[S@@]1(=O)=NC(=O)c2ccc3c(c2)N(C[C@@H]2CC[C@H]2[C@](O)(CC(=O)N2CC(N4CCOCC4)C2)/C=C/C[C@H](C)C1)C[C@@]1(CCCc2cc(Cl)ccc21)CO3. The number of ether oxygens (including phenoxy) is 3. The van der Waals surface area contributed by atoms with Gasteiger partial charge in [0.2, 0.25) is 11.8 Å². The van der Waals surface area contributed by atoms with Crippen molar-refractivity contribution in [3.8, 4) is 11.6 Å². The van der Waals surface area contributed by atoms with E-state index >= 15 is 0 Å². The summed E-state index contributed by atoms with van der Waals surface area (Å²) in [6.07, 6.45) is 9.73. The number of hydrogen-bond acceptors (Lipinski definition) is 11. The number of morpholine rings is 1. The summed E-state index contributed by atoms with van der Waals surface area (Å²) in [5.74, 6) is -1.65. The Labute approximate surface area is 374 Å². The van der Waals surface area contributed by atoms with Gasteiger partial charge in [0.1, 0.15) is 21.2 Å². The second-order valence-corrected chi connectivity index (χ2v) is 21.0. The Morgan fingerprint density at radius 3 is 2.68 bits per heavy atom. The summed E-state index contributed by atoms with van der Waals surface area (Å²) >= 11 is 6.52. The highest BCUT2D eigenvalue weighted by Gasteiger charge is 2.50. The Hall–Kier alpha value is -4.48. The van der Waals surface area contributed by atoms with Gasteiger partial charge < -0.3 is 29.1 Å². The number of carbonyl (C=O) groups is 3. The zero-order valence-corrected chi connectivity index (χ0v) is 37.9. The number of likely N-dealkylation sites (tertiary alicyclic amines) is 1. The molecule has 6 atom stereocenters. The summed E-state index contributed by atoms with van der Waals surface area (Å²) in [7, 11) is -0.728. The first-order chi connectivity index (χ1) is 30.2. The van der Waals surface area contributed by atoms with E-state index in [1.54, 1.807) is 31.3 Å². The van der Waals surface area contributed by atoms with Crippen molar-refractivity contribution in [3.05, 3.63) is 82.0 Å². The molecule has 0 radical (unpaired) electrons. The van der Waals surface area contributed by atoms with Crippen molar-refractivity contribution in [3.63, 3.8) is 0 Å². The van der Waals surface area contributed by atoms with E-state index in [9.17, 15) is 23.7 Å². The number of nitrogens with one attached hydrogen (secondary N) is 1. The Morgan fingerprint density at radius 1 is 1.11 bits per heavy atom. The van der Waals surface area contributed by atoms with Gasteiger partial charge in [-0.15, -0.1) is 9.46 Å². The zero-order chi connectivity index (χ0) is 44.1. The predicted octanol–water partition coefficient (Wildman–Crippen LogP) is 4.79. The van der Waals surface area contributed by atoms with Gasteiger partial charge in [-0.2, -0.15) is 0 Å². The molecule has 2 N–H and O–H groups in total. The molecule has 2 aliphatic carbocycles. The topological polar surface area (TPSA) is 168 Å². The van der Waals surface area contributed by atoms with Gasteiger partial charge in [-0.3, -0.25) is 28.7 Å². The highest BCUT2D eigenvalue weighted by atomic mass is 35.5. The molecule has 3 fully saturated rings. The van der Waals surface area contributed by atoms with Crippen molar-refractivity contribution in [2.75, 3.05) is 76.9 Å². The van der Waals surface area contributed by atoms with E-state index < -0.39 is 32.7 Å². The Balaban J connectivity index is 1.08. The van der Waals surface area contributed by atoms with Crippen LogP contribution in [-0.2, 0) is 38.3 Å². The third kappa shape index (κ3) is 8.85. The van der Waals surface area contributed by atoms with E-state index in [2.05, 4.69) is 36.1 Å². The molecule has 17 heteroatoms. The van der Waals surface area contributed by atoms with Crippen LogP contribution in [0, 0.1) is 17.8 Å². The highest BCUT2D eigenvalue weighted by molar-refractivity contribution is 7.92. The van der Waals surface area contributed by atoms with Gasteiger partial charge in [0, 0.05) is 74.6 Å². The highest BCUT2D eigenvalue weighted by Crippen LogP contribution is 2.49. The number of nitrogens with zero attached hydrogens (tertiary/aromatic N) is 6. The Bertz CT molecular complexity index is 2420. The summed E-state index contributed by atoms with van der Waals surface area (Å²) < 4.78 is 40.7. The van der Waals surface area contributed by atoms with Crippen LogP contribution in [0.4, 0.5) is 5.69 Å². The van der Waals surface area contributed by atoms with Crippen molar-refractivity contribution in [1.82, 2.24) is 24.3 Å². The lowest BCUT2D eigenvalue weighted by atomic mass is 9.63. The number of amides is 3. The number of fused-ring (bicyclic) bond motifs is 4. The molecule has 5 heterocycles. The molecule has 4 aliphatic heterocycles. The van der Waals surface area contributed by atoms with Crippen molar-refractivity contribution in [2.45, 2.75) is 68.9 Å². The third-order valence-corrected chi connectivity index (χ3v) is 16.4. The lowest BCUT2D eigenvalue weighted by Crippen LogP contribution is -2.63. The average Bonchev–Trinajstić information content (AvgIpc) is 3.53. The molecule has 1 spiro atoms. The molecule has 6 aliphatic rings. The van der Waals surface area contributed by atoms with Crippen molar-refractivity contribution in [1.29, 1.82) is 0 Å².